The second-order valence-corrected chi connectivity index (χ2v) is 7.66. The standard InChI is InChI=1S/C25H24F2N4O.H2/c1-5-6-15(2)19-10-8-18(11-16(19)3)29-25-28-13-23-24(30-25)31(4)22(14-32-23)20-9-7-17(26)12-21(20)27;/h5-13,22H,2,14H2,1,3-4H3,(H,28,29,30);1H/b6-5-;. The van der Waals surface area contributed by atoms with Gasteiger partial charge in [0.15, 0.2) is 11.6 Å². The van der Waals surface area contributed by atoms with E-state index in [0.29, 0.717) is 23.1 Å². The molecule has 7 heteroatoms. The van der Waals surface area contributed by atoms with Crippen molar-refractivity contribution >= 4 is 23.0 Å². The summed E-state index contributed by atoms with van der Waals surface area (Å²) >= 11 is 0. The van der Waals surface area contributed by atoms with Crippen molar-refractivity contribution in [2.24, 2.45) is 0 Å². The smallest absolute Gasteiger partial charge is 0.229 e. The van der Waals surface area contributed by atoms with Crippen LogP contribution < -0.4 is 15.0 Å². The number of hydrogen-bond acceptors (Lipinski definition) is 5. The molecule has 0 bridgehead atoms. The first kappa shape index (κ1) is 21.5. The molecule has 1 atom stereocenters. The summed E-state index contributed by atoms with van der Waals surface area (Å²) in [5.41, 5.74) is 4.26. The van der Waals surface area contributed by atoms with Crippen LogP contribution in [0.3, 0.4) is 0 Å². The number of hydrogen-bond donors (Lipinski definition) is 1. The minimum atomic E-state index is -0.615. The SMILES string of the molecule is C=C(/C=C\C)c1ccc(Nc2ncc3c(n2)N(C)C(c2ccc(F)cc2F)CO3)cc1C.[HH]. The molecule has 1 unspecified atom stereocenters. The van der Waals surface area contributed by atoms with Gasteiger partial charge in [-0.25, -0.2) is 13.8 Å². The van der Waals surface area contributed by atoms with Gasteiger partial charge in [0.05, 0.1) is 12.2 Å². The number of aryl methyl sites for hydroxylation is 1. The van der Waals surface area contributed by atoms with Crippen molar-refractivity contribution < 1.29 is 14.9 Å². The van der Waals surface area contributed by atoms with Crippen molar-refractivity contribution in [3.05, 3.63) is 89.7 Å². The number of halogens is 2. The predicted molar refractivity (Wildman–Crippen MR) is 125 cm³/mol. The molecular formula is C25H26F2N4O. The van der Waals surface area contributed by atoms with Gasteiger partial charge in [0.1, 0.15) is 18.2 Å². The molecule has 0 radical (unpaired) electrons. The summed E-state index contributed by atoms with van der Waals surface area (Å²) in [7, 11) is 1.80. The van der Waals surface area contributed by atoms with E-state index >= 15 is 0 Å². The molecule has 0 amide bonds. The van der Waals surface area contributed by atoms with Crippen LogP contribution in [0, 0.1) is 18.6 Å². The van der Waals surface area contributed by atoms with Crippen LogP contribution in [-0.4, -0.2) is 23.6 Å². The Morgan fingerprint density at radius 2 is 2.09 bits per heavy atom. The van der Waals surface area contributed by atoms with E-state index in [1.165, 1.54) is 12.1 Å². The van der Waals surface area contributed by atoms with Gasteiger partial charge in [0, 0.05) is 25.8 Å². The lowest BCUT2D eigenvalue weighted by molar-refractivity contribution is 0.262. The number of nitrogens with zero attached hydrogens (tertiary/aromatic N) is 3. The molecule has 3 aromatic rings. The molecular weight excluding hydrogens is 410 g/mol. The lowest BCUT2D eigenvalue weighted by Gasteiger charge is -2.35. The number of nitrogens with one attached hydrogen (secondary N) is 1. The number of likely N-dealkylation sites (N-methyl/N-ethyl adjacent to an activating group) is 1. The maximum atomic E-state index is 14.3. The highest BCUT2D eigenvalue weighted by Crippen LogP contribution is 2.38. The van der Waals surface area contributed by atoms with E-state index in [4.69, 9.17) is 4.74 Å². The summed E-state index contributed by atoms with van der Waals surface area (Å²) in [5.74, 6) is 0.189. The first-order valence-electron chi connectivity index (χ1n) is 10.2. The van der Waals surface area contributed by atoms with E-state index in [2.05, 4.69) is 21.9 Å². The molecule has 1 aromatic heterocycles. The third-order valence-electron chi connectivity index (χ3n) is 5.45. The summed E-state index contributed by atoms with van der Waals surface area (Å²) in [5, 5.41) is 3.21. The Bertz CT molecular complexity index is 1220. The number of aromatic nitrogens is 2. The Morgan fingerprint density at radius 1 is 1.28 bits per heavy atom. The summed E-state index contributed by atoms with van der Waals surface area (Å²) in [6, 6.07) is 9.06. The highest BCUT2D eigenvalue weighted by Gasteiger charge is 2.30. The fourth-order valence-electron chi connectivity index (χ4n) is 3.80. The van der Waals surface area contributed by atoms with Crippen molar-refractivity contribution in [3.8, 4) is 5.75 Å². The van der Waals surface area contributed by atoms with Crippen LogP contribution >= 0.6 is 0 Å². The van der Waals surface area contributed by atoms with E-state index in [-0.39, 0.29) is 8.03 Å². The van der Waals surface area contributed by atoms with E-state index in [1.807, 2.05) is 49.1 Å². The largest absolute Gasteiger partial charge is 0.486 e. The van der Waals surface area contributed by atoms with Crippen molar-refractivity contribution in [1.82, 2.24) is 9.97 Å². The summed E-state index contributed by atoms with van der Waals surface area (Å²) in [6.45, 7) is 8.28. The van der Waals surface area contributed by atoms with E-state index in [1.54, 1.807) is 13.2 Å². The first-order valence-corrected chi connectivity index (χ1v) is 10.2. The maximum Gasteiger partial charge on any atom is 0.229 e. The number of fused-ring (bicyclic) bond motifs is 1. The van der Waals surface area contributed by atoms with E-state index < -0.39 is 17.7 Å². The van der Waals surface area contributed by atoms with Crippen LogP contribution in [0.5, 0.6) is 5.75 Å². The van der Waals surface area contributed by atoms with E-state index in [0.717, 1.165) is 28.5 Å². The number of ether oxygens (including phenoxy) is 1. The van der Waals surface area contributed by atoms with Gasteiger partial charge in [0.2, 0.25) is 5.95 Å². The summed E-state index contributed by atoms with van der Waals surface area (Å²) in [6.07, 6.45) is 5.52. The zero-order valence-electron chi connectivity index (χ0n) is 18.2. The zero-order chi connectivity index (χ0) is 22.8. The van der Waals surface area contributed by atoms with Crippen molar-refractivity contribution in [2.75, 3.05) is 23.9 Å². The zero-order valence-corrected chi connectivity index (χ0v) is 18.2. The van der Waals surface area contributed by atoms with Gasteiger partial charge in [-0.1, -0.05) is 30.9 Å². The number of rotatable bonds is 5. The summed E-state index contributed by atoms with van der Waals surface area (Å²) < 4.78 is 33.4. The molecule has 2 aromatic carbocycles. The van der Waals surface area contributed by atoms with Crippen LogP contribution in [0.15, 0.2) is 61.3 Å². The Hall–Kier alpha value is -3.74. The number of allylic oxidation sites excluding steroid dienone is 3. The first-order chi connectivity index (χ1) is 15.4. The third-order valence-corrected chi connectivity index (χ3v) is 5.45. The minimum absolute atomic E-state index is 0. The Balaban J connectivity index is 0.00000306. The Kier molecular flexibility index (Phi) is 5.90. The average molecular weight is 437 g/mol. The lowest BCUT2D eigenvalue weighted by atomic mass is 10.0. The Morgan fingerprint density at radius 3 is 2.81 bits per heavy atom. The molecule has 0 spiro atoms. The maximum absolute atomic E-state index is 14.3. The number of benzene rings is 2. The van der Waals surface area contributed by atoms with Crippen molar-refractivity contribution in [1.29, 1.82) is 0 Å². The second-order valence-electron chi connectivity index (χ2n) is 7.66. The quantitative estimate of drug-likeness (QED) is 0.482. The molecule has 0 aliphatic carbocycles. The third kappa shape index (κ3) is 4.19. The molecule has 166 valence electrons. The highest BCUT2D eigenvalue weighted by molar-refractivity contribution is 5.76. The topological polar surface area (TPSA) is 50.3 Å². The van der Waals surface area contributed by atoms with Gasteiger partial charge in [-0.2, -0.15) is 4.98 Å². The highest BCUT2D eigenvalue weighted by atomic mass is 19.1. The second kappa shape index (κ2) is 8.78. The van der Waals surface area contributed by atoms with Gasteiger partial charge in [-0.3, -0.25) is 0 Å². The molecule has 1 aliphatic heterocycles. The number of anilines is 3. The molecule has 5 nitrogen and oxygen atoms in total. The fraction of sp³-hybridized carbons (Fsp3) is 0.200. The van der Waals surface area contributed by atoms with Crippen LogP contribution in [0.2, 0.25) is 0 Å². The predicted octanol–water partition coefficient (Wildman–Crippen LogP) is 6.21. The molecule has 1 aliphatic rings. The van der Waals surface area contributed by atoms with Gasteiger partial charge in [-0.15, -0.1) is 0 Å². The van der Waals surface area contributed by atoms with Crippen LogP contribution in [0.1, 0.15) is 31.1 Å². The van der Waals surface area contributed by atoms with Gasteiger partial charge in [0.25, 0.3) is 0 Å². The van der Waals surface area contributed by atoms with Gasteiger partial charge >= 0.3 is 0 Å². The molecule has 4 rings (SSSR count). The van der Waals surface area contributed by atoms with Gasteiger partial charge < -0.3 is 15.0 Å². The minimum Gasteiger partial charge on any atom is -0.486 e. The summed E-state index contributed by atoms with van der Waals surface area (Å²) in [4.78, 5) is 10.7. The molecule has 1 N–H and O–H groups in total. The van der Waals surface area contributed by atoms with Crippen molar-refractivity contribution in [2.45, 2.75) is 19.9 Å². The van der Waals surface area contributed by atoms with Crippen LogP contribution in [-0.2, 0) is 0 Å². The molecule has 32 heavy (non-hydrogen) atoms. The molecule has 0 saturated heterocycles. The van der Waals surface area contributed by atoms with Crippen LogP contribution in [0.4, 0.5) is 26.2 Å². The Labute approximate surface area is 187 Å². The molecule has 2 heterocycles. The van der Waals surface area contributed by atoms with Gasteiger partial charge in [-0.05, 0) is 48.7 Å². The van der Waals surface area contributed by atoms with Crippen LogP contribution in [0.25, 0.3) is 5.57 Å². The fourth-order valence-corrected chi connectivity index (χ4v) is 3.80. The lowest BCUT2D eigenvalue weighted by Crippen LogP contribution is -2.35. The molecule has 0 fully saturated rings. The van der Waals surface area contributed by atoms with E-state index in [9.17, 15) is 8.78 Å². The van der Waals surface area contributed by atoms with Crippen molar-refractivity contribution in [3.63, 3.8) is 0 Å². The monoisotopic (exact) mass is 436 g/mol. The average Bonchev–Trinajstić information content (AvgIpc) is 2.75. The normalized spacial score (nSPS) is 15.4. The molecule has 0 saturated carbocycles.